The Kier molecular flexibility index (Phi) is 9.12. The number of aromatic nitrogens is 2. The van der Waals surface area contributed by atoms with Crippen LogP contribution >= 0.6 is 0 Å². The van der Waals surface area contributed by atoms with Crippen LogP contribution in [-0.2, 0) is 34.9 Å². The van der Waals surface area contributed by atoms with Crippen LogP contribution in [0.5, 0.6) is 0 Å². The molecule has 0 bridgehead atoms. The Morgan fingerprint density at radius 2 is 1.86 bits per heavy atom. The number of hydrogen-bond acceptors (Lipinski definition) is 3. The summed E-state index contributed by atoms with van der Waals surface area (Å²) in [5.74, 6) is -0.0113. The number of halogens is 3. The van der Waals surface area contributed by atoms with E-state index >= 15 is 0 Å². The van der Waals surface area contributed by atoms with E-state index in [1.165, 1.54) is 12.8 Å². The fraction of sp³-hybridized carbons (Fsp3) is 0.615. The molecule has 1 saturated heterocycles. The van der Waals surface area contributed by atoms with Gasteiger partial charge in [0.15, 0.2) is 0 Å². The SMILES string of the molecule is Cc1[c-]c([C@@H]2[C@H](C)CCN2C(=O)Cn2nc(C3CC3)cc2C(F)(F)F)ccc1.OC1CCCC1.[Cr]. The Morgan fingerprint density at radius 1 is 1.17 bits per heavy atom. The van der Waals surface area contributed by atoms with E-state index in [2.05, 4.69) is 18.1 Å². The number of benzene rings is 1. The average Bonchev–Trinajstić information content (AvgIpc) is 3.14. The molecule has 35 heavy (non-hydrogen) atoms. The first-order chi connectivity index (χ1) is 16.1. The zero-order valence-electron chi connectivity index (χ0n) is 20.2. The molecule has 0 unspecified atom stereocenters. The summed E-state index contributed by atoms with van der Waals surface area (Å²) in [6, 6.07) is 10.0. The van der Waals surface area contributed by atoms with Gasteiger partial charge in [0.05, 0.1) is 11.8 Å². The van der Waals surface area contributed by atoms with E-state index in [1.54, 1.807) is 4.90 Å². The number of likely N-dealkylation sites (tertiary alicyclic amines) is 1. The smallest absolute Gasteiger partial charge is 0.393 e. The van der Waals surface area contributed by atoms with Gasteiger partial charge in [0.2, 0.25) is 5.91 Å². The summed E-state index contributed by atoms with van der Waals surface area (Å²) < 4.78 is 41.1. The van der Waals surface area contributed by atoms with Crippen molar-refractivity contribution in [1.82, 2.24) is 14.7 Å². The summed E-state index contributed by atoms with van der Waals surface area (Å²) in [6.07, 6.45) is 2.61. The maximum atomic E-state index is 13.4. The van der Waals surface area contributed by atoms with Crippen LogP contribution in [0.25, 0.3) is 0 Å². The Balaban J connectivity index is 0.000000429. The second-order valence-corrected chi connectivity index (χ2v) is 9.91. The van der Waals surface area contributed by atoms with E-state index in [0.717, 1.165) is 54.0 Å². The molecule has 3 fully saturated rings. The first-order valence-electron chi connectivity index (χ1n) is 12.2. The van der Waals surface area contributed by atoms with Gasteiger partial charge >= 0.3 is 6.18 Å². The maximum Gasteiger partial charge on any atom is 0.433 e. The third-order valence-electron chi connectivity index (χ3n) is 7.00. The van der Waals surface area contributed by atoms with Gasteiger partial charge in [0.1, 0.15) is 12.2 Å². The van der Waals surface area contributed by atoms with Gasteiger partial charge in [-0.3, -0.25) is 9.48 Å². The molecule has 9 heteroatoms. The minimum absolute atomic E-state index is 0. The van der Waals surface area contributed by atoms with Crippen molar-refractivity contribution in [2.45, 2.75) is 89.6 Å². The summed E-state index contributed by atoms with van der Waals surface area (Å²) in [6.45, 7) is 4.14. The van der Waals surface area contributed by atoms with Gasteiger partial charge in [-0.1, -0.05) is 26.7 Å². The fourth-order valence-electron chi connectivity index (χ4n) is 4.97. The summed E-state index contributed by atoms with van der Waals surface area (Å²) in [7, 11) is 0. The largest absolute Gasteiger partial charge is 0.433 e. The minimum atomic E-state index is -4.53. The number of alkyl halides is 3. The number of rotatable bonds is 4. The molecule has 2 saturated carbocycles. The predicted molar refractivity (Wildman–Crippen MR) is 122 cm³/mol. The van der Waals surface area contributed by atoms with Gasteiger partial charge in [0.25, 0.3) is 0 Å². The second kappa shape index (κ2) is 11.5. The number of aliphatic hydroxyl groups excluding tert-OH is 1. The van der Waals surface area contributed by atoms with Gasteiger partial charge in [0, 0.05) is 35.9 Å². The van der Waals surface area contributed by atoms with Crippen LogP contribution in [0.3, 0.4) is 0 Å². The Morgan fingerprint density at radius 3 is 2.40 bits per heavy atom. The van der Waals surface area contributed by atoms with Crippen molar-refractivity contribution in [2.24, 2.45) is 5.92 Å². The molecule has 1 aromatic carbocycles. The number of aliphatic hydroxyl groups is 1. The van der Waals surface area contributed by atoms with Crippen molar-refractivity contribution >= 4 is 5.91 Å². The number of aryl methyl sites for hydroxylation is 1. The molecule has 0 spiro atoms. The molecule has 1 amide bonds. The average molecular weight is 529 g/mol. The first kappa shape index (κ1) is 27.8. The van der Waals surface area contributed by atoms with Crippen molar-refractivity contribution in [2.75, 3.05) is 6.54 Å². The van der Waals surface area contributed by atoms with Crippen LogP contribution in [0.4, 0.5) is 13.2 Å². The third kappa shape index (κ3) is 6.90. The molecule has 1 aromatic heterocycles. The van der Waals surface area contributed by atoms with E-state index in [1.807, 2.05) is 25.1 Å². The van der Waals surface area contributed by atoms with Crippen LogP contribution in [0.1, 0.15) is 86.3 Å². The molecule has 2 atom stereocenters. The van der Waals surface area contributed by atoms with Crippen LogP contribution in [0, 0.1) is 18.9 Å². The first-order valence-corrected chi connectivity index (χ1v) is 12.2. The van der Waals surface area contributed by atoms with Crippen molar-refractivity contribution in [1.29, 1.82) is 0 Å². The van der Waals surface area contributed by atoms with Crippen molar-refractivity contribution < 1.29 is 40.4 Å². The molecule has 2 aromatic rings. The Hall–Kier alpha value is -1.82. The van der Waals surface area contributed by atoms with Crippen molar-refractivity contribution in [3.8, 4) is 0 Å². The minimum Gasteiger partial charge on any atom is -0.393 e. The van der Waals surface area contributed by atoms with E-state index < -0.39 is 18.4 Å². The molecule has 0 radical (unpaired) electrons. The summed E-state index contributed by atoms with van der Waals surface area (Å²) in [5, 5.41) is 12.9. The van der Waals surface area contributed by atoms with E-state index in [4.69, 9.17) is 5.11 Å². The van der Waals surface area contributed by atoms with Crippen LogP contribution in [0.2, 0.25) is 0 Å². The summed E-state index contributed by atoms with van der Waals surface area (Å²) >= 11 is 0. The third-order valence-corrected chi connectivity index (χ3v) is 7.00. The van der Waals surface area contributed by atoms with E-state index in [-0.39, 0.29) is 47.2 Å². The summed E-state index contributed by atoms with van der Waals surface area (Å²) in [4.78, 5) is 14.7. The second-order valence-electron chi connectivity index (χ2n) is 9.91. The maximum absolute atomic E-state index is 13.4. The molecular weight excluding hydrogens is 495 g/mol. The van der Waals surface area contributed by atoms with Gasteiger partial charge < -0.3 is 10.0 Å². The molecule has 1 aliphatic heterocycles. The Labute approximate surface area is 215 Å². The standard InChI is InChI=1S/C21H23F3N3O.C5H10O.Cr/c1-13-4-3-5-16(10-13)20-14(2)8-9-26(20)19(28)12-27-18(21(22,23)24)11-17(25-27)15-6-7-15;6-5-3-1-2-4-5;/h3-5,11,14-15,20H,6-9,12H2,1-2H3;5-6H,1-4H2;/q-1;;/t14-,20+;;/m1../s1. The van der Waals surface area contributed by atoms with Gasteiger partial charge in [-0.15, -0.1) is 5.56 Å². The zero-order chi connectivity index (χ0) is 24.5. The molecule has 1 N–H and O–H groups in total. The number of carbonyl (C=O) groups excluding carboxylic acids is 1. The quantitative estimate of drug-likeness (QED) is 0.540. The van der Waals surface area contributed by atoms with Gasteiger partial charge in [-0.05, 0) is 44.1 Å². The number of hydrogen-bond donors (Lipinski definition) is 1. The number of amides is 1. The van der Waals surface area contributed by atoms with Gasteiger partial charge in [-0.2, -0.15) is 48.1 Å². The molecule has 2 heterocycles. The fourth-order valence-corrected chi connectivity index (χ4v) is 4.97. The normalized spacial score (nSPS) is 22.5. The number of nitrogens with zero attached hydrogens (tertiary/aromatic N) is 3. The monoisotopic (exact) mass is 528 g/mol. The molecule has 192 valence electrons. The molecule has 5 nitrogen and oxygen atoms in total. The predicted octanol–water partition coefficient (Wildman–Crippen LogP) is 5.42. The molecule has 3 aliphatic rings. The van der Waals surface area contributed by atoms with Crippen molar-refractivity contribution in [3.63, 3.8) is 0 Å². The van der Waals surface area contributed by atoms with Crippen LogP contribution in [-0.4, -0.2) is 38.3 Å². The van der Waals surface area contributed by atoms with Crippen LogP contribution < -0.4 is 0 Å². The van der Waals surface area contributed by atoms with E-state index in [9.17, 15) is 18.0 Å². The van der Waals surface area contributed by atoms with E-state index in [0.29, 0.717) is 12.2 Å². The van der Waals surface area contributed by atoms with Crippen LogP contribution in [0.15, 0.2) is 24.3 Å². The summed E-state index contributed by atoms with van der Waals surface area (Å²) in [5.41, 5.74) is 1.49. The molecule has 5 rings (SSSR count). The molecular formula is C26H33CrF3N3O2-. The Bertz CT molecular complexity index is 1000. The number of carbonyl (C=O) groups is 1. The van der Waals surface area contributed by atoms with Crippen molar-refractivity contribution in [3.05, 3.63) is 52.8 Å². The topological polar surface area (TPSA) is 58.4 Å². The van der Waals surface area contributed by atoms with Gasteiger partial charge in [-0.25, -0.2) is 0 Å². The zero-order valence-corrected chi connectivity index (χ0v) is 21.5. The molecule has 2 aliphatic carbocycles.